The molecule has 0 radical (unpaired) electrons. The van der Waals surface area contributed by atoms with E-state index in [4.69, 9.17) is 4.74 Å². The summed E-state index contributed by atoms with van der Waals surface area (Å²) in [6.07, 6.45) is 0. The summed E-state index contributed by atoms with van der Waals surface area (Å²) in [6, 6.07) is 7.62. The van der Waals surface area contributed by atoms with Gasteiger partial charge in [0.05, 0.1) is 22.2 Å². The summed E-state index contributed by atoms with van der Waals surface area (Å²) in [6.45, 7) is 4.07. The molecule has 0 saturated carbocycles. The standard InChI is InChI=1S/C17H16N2O3S2/c1-10-7-12-14(8-11(10)2)24-17(19(12)9-15(20)22-3)18-16(21)13-5-4-6-23-13/h4-8H,9H2,1-3H3. The monoisotopic (exact) mass is 360 g/mol. The number of fused-ring (bicyclic) bond motifs is 1. The Hall–Kier alpha value is -2.25. The third-order valence-corrected chi connectivity index (χ3v) is 5.64. The van der Waals surface area contributed by atoms with Crippen LogP contribution < -0.4 is 4.80 Å². The van der Waals surface area contributed by atoms with Crippen LogP contribution in [0.2, 0.25) is 0 Å². The van der Waals surface area contributed by atoms with Crippen molar-refractivity contribution in [1.82, 2.24) is 4.57 Å². The summed E-state index contributed by atoms with van der Waals surface area (Å²) in [5.74, 6) is -0.679. The molecule has 0 fully saturated rings. The third-order valence-electron chi connectivity index (χ3n) is 3.74. The van der Waals surface area contributed by atoms with Gasteiger partial charge in [0, 0.05) is 0 Å². The average molecular weight is 360 g/mol. The van der Waals surface area contributed by atoms with Crippen LogP contribution in [0.1, 0.15) is 20.8 Å². The number of rotatable bonds is 3. The minimum atomic E-state index is -0.377. The largest absolute Gasteiger partial charge is 0.468 e. The van der Waals surface area contributed by atoms with Crippen molar-refractivity contribution < 1.29 is 14.3 Å². The van der Waals surface area contributed by atoms with Crippen molar-refractivity contribution in [2.75, 3.05) is 7.11 Å². The summed E-state index contributed by atoms with van der Waals surface area (Å²) in [4.78, 5) is 29.4. The number of esters is 1. The van der Waals surface area contributed by atoms with Gasteiger partial charge >= 0.3 is 5.97 Å². The molecule has 24 heavy (non-hydrogen) atoms. The zero-order chi connectivity index (χ0) is 17.3. The number of amides is 1. The first-order chi connectivity index (χ1) is 11.5. The minimum absolute atomic E-state index is 0.0234. The van der Waals surface area contributed by atoms with Gasteiger partial charge < -0.3 is 9.30 Å². The smallest absolute Gasteiger partial charge is 0.325 e. The van der Waals surface area contributed by atoms with Crippen LogP contribution in [0, 0.1) is 13.8 Å². The van der Waals surface area contributed by atoms with Crippen LogP contribution in [0.4, 0.5) is 0 Å². The van der Waals surface area contributed by atoms with Gasteiger partial charge in [-0.1, -0.05) is 17.4 Å². The van der Waals surface area contributed by atoms with Crippen molar-refractivity contribution in [3.05, 3.63) is 50.5 Å². The number of thiazole rings is 1. The van der Waals surface area contributed by atoms with Crippen LogP contribution in [0.25, 0.3) is 10.2 Å². The summed E-state index contributed by atoms with van der Waals surface area (Å²) in [5.41, 5.74) is 3.16. The highest BCUT2D eigenvalue weighted by Gasteiger charge is 2.13. The number of nitrogens with zero attached hydrogens (tertiary/aromatic N) is 2. The van der Waals surface area contributed by atoms with Crippen LogP contribution in [0.5, 0.6) is 0 Å². The van der Waals surface area contributed by atoms with Gasteiger partial charge in [-0.3, -0.25) is 9.59 Å². The molecule has 7 heteroatoms. The van der Waals surface area contributed by atoms with Crippen molar-refractivity contribution in [2.24, 2.45) is 4.99 Å². The highest BCUT2D eigenvalue weighted by molar-refractivity contribution is 7.16. The number of ether oxygens (including phenoxy) is 1. The lowest BCUT2D eigenvalue weighted by atomic mass is 10.1. The molecule has 5 nitrogen and oxygen atoms in total. The van der Waals surface area contributed by atoms with E-state index in [1.807, 2.05) is 31.4 Å². The van der Waals surface area contributed by atoms with E-state index in [0.717, 1.165) is 21.3 Å². The summed E-state index contributed by atoms with van der Waals surface area (Å²) in [7, 11) is 1.35. The van der Waals surface area contributed by atoms with Gasteiger partial charge in [-0.2, -0.15) is 4.99 Å². The summed E-state index contributed by atoms with van der Waals surface area (Å²) >= 11 is 2.74. The van der Waals surface area contributed by atoms with E-state index < -0.39 is 0 Å². The second kappa shape index (κ2) is 6.70. The Kier molecular flexibility index (Phi) is 4.64. The fourth-order valence-electron chi connectivity index (χ4n) is 2.30. The highest BCUT2D eigenvalue weighted by Crippen LogP contribution is 2.22. The Balaban J connectivity index is 2.20. The molecule has 0 atom stereocenters. The lowest BCUT2D eigenvalue weighted by Crippen LogP contribution is -2.22. The molecule has 1 amide bonds. The van der Waals surface area contributed by atoms with Crippen molar-refractivity contribution in [3.8, 4) is 0 Å². The SMILES string of the molecule is COC(=O)Cn1c(=NC(=O)c2cccs2)sc2cc(C)c(C)cc21. The molecule has 3 aromatic rings. The molecule has 0 aliphatic carbocycles. The van der Waals surface area contributed by atoms with Gasteiger partial charge in [-0.25, -0.2) is 0 Å². The maximum absolute atomic E-state index is 12.3. The first-order valence-electron chi connectivity index (χ1n) is 7.29. The fraction of sp³-hybridized carbons (Fsp3) is 0.235. The van der Waals surface area contributed by atoms with E-state index in [2.05, 4.69) is 11.1 Å². The molecule has 0 aliphatic rings. The van der Waals surface area contributed by atoms with E-state index in [1.54, 1.807) is 10.6 Å². The molecule has 0 N–H and O–H groups in total. The number of carbonyl (C=O) groups excluding carboxylic acids is 2. The van der Waals surface area contributed by atoms with Gasteiger partial charge in [-0.15, -0.1) is 11.3 Å². The highest BCUT2D eigenvalue weighted by atomic mass is 32.1. The van der Waals surface area contributed by atoms with E-state index in [0.29, 0.717) is 9.68 Å². The van der Waals surface area contributed by atoms with Gasteiger partial charge in [0.2, 0.25) is 0 Å². The fourth-order valence-corrected chi connectivity index (χ4v) is 4.01. The zero-order valence-electron chi connectivity index (χ0n) is 13.5. The summed E-state index contributed by atoms with van der Waals surface area (Å²) < 4.78 is 7.50. The van der Waals surface area contributed by atoms with Gasteiger partial charge in [0.25, 0.3) is 5.91 Å². The van der Waals surface area contributed by atoms with Gasteiger partial charge in [-0.05, 0) is 48.6 Å². The predicted molar refractivity (Wildman–Crippen MR) is 95.5 cm³/mol. The Labute approximate surface area is 146 Å². The molecule has 0 unspecified atom stereocenters. The molecule has 3 rings (SSSR count). The quantitative estimate of drug-likeness (QED) is 0.673. The third kappa shape index (κ3) is 3.18. The number of thiophene rings is 1. The Morgan fingerprint density at radius 2 is 2.00 bits per heavy atom. The van der Waals surface area contributed by atoms with Crippen molar-refractivity contribution in [2.45, 2.75) is 20.4 Å². The number of benzene rings is 1. The molecule has 0 spiro atoms. The van der Waals surface area contributed by atoms with Crippen molar-refractivity contribution in [3.63, 3.8) is 0 Å². The molecule has 1 aromatic carbocycles. The first kappa shape index (κ1) is 16.6. The average Bonchev–Trinajstić information content (AvgIpc) is 3.18. The molecule has 2 heterocycles. The number of aryl methyl sites for hydroxylation is 2. The maximum Gasteiger partial charge on any atom is 0.325 e. The molecule has 0 aliphatic heterocycles. The maximum atomic E-state index is 12.3. The molecular formula is C17H16N2O3S2. The zero-order valence-corrected chi connectivity index (χ0v) is 15.2. The van der Waals surface area contributed by atoms with Crippen LogP contribution in [0.3, 0.4) is 0 Å². The Bertz CT molecular complexity index is 981. The predicted octanol–water partition coefficient (Wildman–Crippen LogP) is 3.30. The topological polar surface area (TPSA) is 60.7 Å². The lowest BCUT2D eigenvalue weighted by Gasteiger charge is -2.05. The normalized spacial score (nSPS) is 11.9. The molecule has 2 aromatic heterocycles. The Morgan fingerprint density at radius 1 is 1.25 bits per heavy atom. The Morgan fingerprint density at radius 3 is 2.67 bits per heavy atom. The van der Waals surface area contributed by atoms with Crippen LogP contribution >= 0.6 is 22.7 Å². The molecule has 124 valence electrons. The van der Waals surface area contributed by atoms with E-state index >= 15 is 0 Å². The first-order valence-corrected chi connectivity index (χ1v) is 8.99. The summed E-state index contributed by atoms with van der Waals surface area (Å²) in [5, 5.41) is 1.84. The number of methoxy groups -OCH3 is 1. The van der Waals surface area contributed by atoms with Crippen molar-refractivity contribution in [1.29, 1.82) is 0 Å². The lowest BCUT2D eigenvalue weighted by molar-refractivity contribution is -0.141. The van der Waals surface area contributed by atoms with Gasteiger partial charge in [0.15, 0.2) is 4.80 Å². The van der Waals surface area contributed by atoms with Crippen LogP contribution in [0.15, 0.2) is 34.6 Å². The minimum Gasteiger partial charge on any atom is -0.468 e. The van der Waals surface area contributed by atoms with Gasteiger partial charge in [0.1, 0.15) is 6.54 Å². The number of hydrogen-bond acceptors (Lipinski definition) is 5. The second-order valence-electron chi connectivity index (χ2n) is 5.35. The van der Waals surface area contributed by atoms with E-state index in [-0.39, 0.29) is 18.4 Å². The molecular weight excluding hydrogens is 344 g/mol. The van der Waals surface area contributed by atoms with Crippen molar-refractivity contribution >= 4 is 44.8 Å². The number of aromatic nitrogens is 1. The van der Waals surface area contributed by atoms with Crippen LogP contribution in [-0.2, 0) is 16.1 Å². The number of carbonyl (C=O) groups is 2. The van der Waals surface area contributed by atoms with Crippen LogP contribution in [-0.4, -0.2) is 23.6 Å². The van der Waals surface area contributed by atoms with E-state index in [1.165, 1.54) is 29.8 Å². The number of hydrogen-bond donors (Lipinski definition) is 0. The second-order valence-corrected chi connectivity index (χ2v) is 7.30. The molecule has 0 saturated heterocycles. The van der Waals surface area contributed by atoms with E-state index in [9.17, 15) is 9.59 Å². The molecule has 0 bridgehead atoms.